The Morgan fingerprint density at radius 3 is 1.15 bits per heavy atom. The molecule has 1 heterocycles. The van der Waals surface area contributed by atoms with E-state index in [1.807, 2.05) is 5.32 Å². The van der Waals surface area contributed by atoms with Gasteiger partial charge in [0.15, 0.2) is 44.5 Å². The van der Waals surface area contributed by atoms with Crippen LogP contribution in [0.5, 0.6) is 5.75 Å². The predicted octanol–water partition coefficient (Wildman–Crippen LogP) is 16.0. The molecule has 0 saturated heterocycles. The van der Waals surface area contributed by atoms with E-state index in [1.165, 1.54) is 24.5 Å². The third-order valence-corrected chi connectivity index (χ3v) is 21.6. The number of ketones is 9. The number of benzene rings is 3. The van der Waals surface area contributed by atoms with Crippen LogP contribution in [0.25, 0.3) is 0 Å². The Morgan fingerprint density at radius 2 is 0.811 bits per heavy atom. The van der Waals surface area contributed by atoms with Crippen LogP contribution in [-0.4, -0.2) is 126 Å². The van der Waals surface area contributed by atoms with Gasteiger partial charge in [-0.3, -0.25) is 64.1 Å². The van der Waals surface area contributed by atoms with Crippen molar-refractivity contribution >= 4 is 61.9 Å². The number of nitrogens with zero attached hydrogens (tertiary/aromatic N) is 1. The lowest BCUT2D eigenvalue weighted by Crippen LogP contribution is -2.49. The zero-order valence-electron chi connectivity index (χ0n) is 61.6. The van der Waals surface area contributed by atoms with Crippen LogP contribution in [0.4, 0.5) is 65.9 Å². The number of alkyl halides is 12. The Hall–Kier alpha value is -7.58. The number of carbonyl (C=O) groups excluding carboxylic acids is 9. The second-order valence-electron chi connectivity index (χ2n) is 30.1. The van der Waals surface area contributed by atoms with E-state index in [0.29, 0.717) is 25.7 Å². The molecule has 0 radical (unpaired) electrons. The molecule has 9 rings (SSSR count). The molecule has 0 unspecified atom stereocenters. The van der Waals surface area contributed by atoms with Crippen LogP contribution >= 0.6 is 0 Å². The van der Waals surface area contributed by atoms with Crippen molar-refractivity contribution in [3.63, 3.8) is 0 Å². The lowest BCUT2D eigenvalue weighted by molar-refractivity contribution is -0.174. The van der Waals surface area contributed by atoms with Crippen LogP contribution in [0.2, 0.25) is 0 Å². The Labute approximate surface area is 634 Å². The van der Waals surface area contributed by atoms with Crippen molar-refractivity contribution in [1.82, 2.24) is 20.9 Å². The fraction of sp³-hybridized carbons (Fsp3) is 0.595. The van der Waals surface area contributed by atoms with E-state index in [-0.39, 0.29) is 79.4 Å². The van der Waals surface area contributed by atoms with Crippen LogP contribution in [0.15, 0.2) is 97.3 Å². The third kappa shape index (κ3) is 31.7. The van der Waals surface area contributed by atoms with Gasteiger partial charge in [-0.2, -0.15) is 35.1 Å². The van der Waals surface area contributed by atoms with E-state index in [4.69, 9.17) is 0 Å². The van der Waals surface area contributed by atoms with Crippen molar-refractivity contribution in [3.05, 3.63) is 131 Å². The molecule has 3 aromatic carbocycles. The maximum atomic E-state index is 14.7. The van der Waals surface area contributed by atoms with Gasteiger partial charge >= 0.3 is 18.5 Å². The Morgan fingerprint density at radius 1 is 0.468 bits per heavy atom. The van der Waals surface area contributed by atoms with Crippen LogP contribution in [-0.2, 0) is 58.7 Å². The van der Waals surface area contributed by atoms with E-state index in [0.717, 1.165) is 111 Å². The Balaban J connectivity index is 0.000000231. The number of hydrogen-bond donors (Lipinski definition) is 3. The van der Waals surface area contributed by atoms with Crippen LogP contribution in [0.1, 0.15) is 197 Å². The van der Waals surface area contributed by atoms with E-state index in [9.17, 15) is 117 Å². The normalized spacial score (nSPS) is 17.7. The van der Waals surface area contributed by atoms with Gasteiger partial charge in [-0.1, -0.05) is 51.1 Å². The van der Waals surface area contributed by atoms with Gasteiger partial charge in [0, 0.05) is 94.4 Å². The number of aromatic nitrogens is 1. The topological polar surface area (TPSA) is 246 Å². The minimum Gasteiger partial charge on any atom is -0.432 e. The van der Waals surface area contributed by atoms with Crippen molar-refractivity contribution in [2.24, 2.45) is 47.3 Å². The molecule has 32 heteroatoms. The standard InChI is InChI=1S/C27H30F4N2O5S.C26H31F6NO3.C26H32F5NO4/c1-2-19(25(36)24(35)12-17-5-6-17)13-23(34)22(16-39(37,38)15-18-4-3-11-32-14-18)33-26(27(29,30)31)20-7-9-21(28)10-8-20;1-2-17(23(36)22(35)11-15-3-4-15)12-21(34)20(14-25(28,29)13-16-5-6-16)33-24(26(30,31)32)18-7-9-19(27)10-8-18;1-2-18(24(35)23(34)11-16-3-4-16)12-22(33)21(14-25(28,29)13-17-5-6-17)32-15-26(30,31)36-20-9-7-19(27)8-10-20/h3-4,7-11,14,17,19,22,26,33H,2,5-6,12-13,15-16H2,1H3;7-10,15-17,20,24,33H,2-6,11-14H2,1H3;7-10,16-18,21,32H,2-6,11-15H2,1H3/t19-,22+,26+;17-,20+,24+;18-,21+/m111/s1. The zero-order chi connectivity index (χ0) is 82.0. The van der Waals surface area contributed by atoms with Gasteiger partial charge in [0.25, 0.3) is 0 Å². The van der Waals surface area contributed by atoms with Gasteiger partial charge in [0.1, 0.15) is 41.8 Å². The predicted molar refractivity (Wildman–Crippen MR) is 376 cm³/mol. The highest BCUT2D eigenvalue weighted by Gasteiger charge is 2.49. The fourth-order valence-electron chi connectivity index (χ4n) is 12.7. The summed E-state index contributed by atoms with van der Waals surface area (Å²) in [5.41, 5.74) is -0.578. The summed E-state index contributed by atoms with van der Waals surface area (Å²) in [6.07, 6.45) is -7.89. The number of sulfone groups is 1. The van der Waals surface area contributed by atoms with Gasteiger partial charge in [-0.05, 0) is 184 Å². The summed E-state index contributed by atoms with van der Waals surface area (Å²) in [5.74, 6) is -20.8. The van der Waals surface area contributed by atoms with Crippen LogP contribution in [0, 0.1) is 64.8 Å². The third-order valence-electron chi connectivity index (χ3n) is 20.0. The first kappa shape index (κ1) is 90.6. The Kier molecular flexibility index (Phi) is 32.6. The second kappa shape index (κ2) is 39.9. The monoisotopic (exact) mass is 1610 g/mol. The molecule has 16 nitrogen and oxygen atoms in total. The largest absolute Gasteiger partial charge is 0.432 e. The fourth-order valence-corrected chi connectivity index (χ4v) is 14.3. The molecule has 111 heavy (non-hydrogen) atoms. The number of ether oxygens (including phenoxy) is 1. The van der Waals surface area contributed by atoms with Gasteiger partial charge in [0.2, 0.25) is 29.2 Å². The minimum atomic E-state index is -4.97. The molecule has 5 aliphatic carbocycles. The van der Waals surface area contributed by atoms with Crippen molar-refractivity contribution in [3.8, 4) is 5.75 Å². The summed E-state index contributed by atoms with van der Waals surface area (Å²) in [4.78, 5) is 118. The summed E-state index contributed by atoms with van der Waals surface area (Å²) in [6, 6.07) is 3.16. The first-order valence-corrected chi connectivity index (χ1v) is 39.1. The van der Waals surface area contributed by atoms with E-state index in [1.54, 1.807) is 20.8 Å². The van der Waals surface area contributed by atoms with Crippen LogP contribution < -0.4 is 20.7 Å². The van der Waals surface area contributed by atoms with Crippen molar-refractivity contribution in [2.75, 3.05) is 12.3 Å². The number of Topliss-reactive ketones (excluding diaryl/α,β-unsaturated/α-hetero) is 9. The number of halogens is 15. The van der Waals surface area contributed by atoms with Gasteiger partial charge in [-0.15, -0.1) is 0 Å². The molecule has 0 aliphatic heterocycles. The molecule has 4 aromatic rings. The highest BCUT2D eigenvalue weighted by molar-refractivity contribution is 7.90. The average Bonchev–Trinajstić information content (AvgIpc) is 1.81. The van der Waals surface area contributed by atoms with E-state index >= 15 is 0 Å². The summed E-state index contributed by atoms with van der Waals surface area (Å²) in [5, 5.41) is 6.38. The van der Waals surface area contributed by atoms with E-state index in [2.05, 4.69) is 20.4 Å². The summed E-state index contributed by atoms with van der Waals surface area (Å²) >= 11 is 0. The first-order valence-electron chi connectivity index (χ1n) is 37.3. The molecule has 0 bridgehead atoms. The smallest absolute Gasteiger partial charge is 0.410 e. The number of pyridine rings is 1. The molecular weight excluding hydrogens is 1510 g/mol. The van der Waals surface area contributed by atoms with Gasteiger partial charge in [0.05, 0.1) is 29.6 Å². The quantitative estimate of drug-likeness (QED) is 0.0275. The highest BCUT2D eigenvalue weighted by Crippen LogP contribution is 2.44. The number of nitrogens with one attached hydrogen (secondary N) is 3. The summed E-state index contributed by atoms with van der Waals surface area (Å²) in [6.45, 7) is 3.47. The van der Waals surface area contributed by atoms with Crippen molar-refractivity contribution in [1.29, 1.82) is 0 Å². The molecular formula is C79H93F15N4O12S. The van der Waals surface area contributed by atoms with Gasteiger partial charge in [-0.25, -0.2) is 39.2 Å². The molecule has 5 saturated carbocycles. The number of carbonyl (C=O) groups is 9. The first-order chi connectivity index (χ1) is 51.9. The van der Waals surface area contributed by atoms with Crippen molar-refractivity contribution < 1.29 is 122 Å². The molecule has 1 aromatic heterocycles. The lowest BCUT2D eigenvalue weighted by Gasteiger charge is -2.30. The average molecular weight is 1610 g/mol. The number of rotatable bonds is 47. The molecule has 5 fully saturated rings. The maximum absolute atomic E-state index is 14.7. The Bertz CT molecular complexity index is 3920. The summed E-state index contributed by atoms with van der Waals surface area (Å²) in [7, 11) is -4.15. The molecule has 5 aliphatic rings. The van der Waals surface area contributed by atoms with Gasteiger partial charge < -0.3 is 4.74 Å². The molecule has 612 valence electrons. The van der Waals surface area contributed by atoms with Crippen molar-refractivity contribution in [2.45, 2.75) is 235 Å². The van der Waals surface area contributed by atoms with Crippen LogP contribution in [0.3, 0.4) is 0 Å². The molecule has 8 atom stereocenters. The minimum absolute atomic E-state index is 0.0609. The molecule has 0 amide bonds. The highest BCUT2D eigenvalue weighted by atomic mass is 32.2. The SMILES string of the molecule is CC[C@H](CC(=O)[C@H](CC(F)(F)CC1CC1)NCC(F)(F)Oc1ccc(F)cc1)C(=O)C(=O)CC1CC1.CC[C@H](CC(=O)[C@H](CC(F)(F)CC1CC1)N[C@@H](c1ccc(F)cc1)C(F)(F)F)C(=O)C(=O)CC1CC1.CC[C@H](CC(=O)[C@H](CS(=O)(=O)Cc1cccnc1)N[C@@H](c1ccc(F)cc1)C(F)(F)F)C(=O)C(=O)CC1CC1. The maximum Gasteiger partial charge on any atom is 0.410 e. The number of hydrogen-bond acceptors (Lipinski definition) is 16. The van der Waals surface area contributed by atoms with E-state index < -0.39 is 232 Å². The molecule has 0 spiro atoms. The molecule has 3 N–H and O–H groups in total. The lowest BCUT2D eigenvalue weighted by atomic mass is 9.87. The summed E-state index contributed by atoms with van der Waals surface area (Å²) < 4.78 is 242. The zero-order valence-corrected chi connectivity index (χ0v) is 62.4. The second-order valence-corrected chi connectivity index (χ2v) is 32.2.